The van der Waals surface area contributed by atoms with Crippen LogP contribution in [0, 0.1) is 11.8 Å². The number of carbonyl (C=O) groups is 3. The number of allylic oxidation sites excluding steroid dienone is 1. The number of nitrogens with zero attached hydrogens (tertiary/aromatic N) is 3. The van der Waals surface area contributed by atoms with Gasteiger partial charge in [-0.05, 0) is 60.5 Å². The van der Waals surface area contributed by atoms with Gasteiger partial charge in [-0.25, -0.2) is 4.79 Å². The molecule has 4 N–H and O–H groups in total. The molecule has 35 heavy (non-hydrogen) atoms. The second-order valence-corrected chi connectivity index (χ2v) is 10.1. The van der Waals surface area contributed by atoms with Gasteiger partial charge in [-0.3, -0.25) is 10.1 Å². The van der Waals surface area contributed by atoms with Crippen molar-refractivity contribution in [3.63, 3.8) is 0 Å². The lowest BCUT2D eigenvalue weighted by molar-refractivity contribution is -0.718. The summed E-state index contributed by atoms with van der Waals surface area (Å²) in [4.78, 5) is 45.2. The van der Waals surface area contributed by atoms with Crippen LogP contribution >= 0.6 is 0 Å². The van der Waals surface area contributed by atoms with Crippen molar-refractivity contribution < 1.29 is 28.3 Å². The number of nitrogens with one attached hydrogen (secondary N) is 2. The van der Waals surface area contributed by atoms with Crippen LogP contribution in [0.15, 0.2) is 28.7 Å². The molecule has 2 rings (SSSR count). The minimum Gasteiger partial charge on any atom is -0.444 e. The lowest BCUT2D eigenvalue weighted by Gasteiger charge is -2.37. The van der Waals surface area contributed by atoms with E-state index in [1.54, 1.807) is 48.5 Å². The van der Waals surface area contributed by atoms with Gasteiger partial charge in [0, 0.05) is 32.4 Å². The number of ether oxygens (including phenoxy) is 2. The number of piperazine rings is 1. The molecule has 2 heterocycles. The molecule has 0 aliphatic carbocycles. The van der Waals surface area contributed by atoms with E-state index in [0.717, 1.165) is 0 Å². The predicted molar refractivity (Wildman–Crippen MR) is 131 cm³/mol. The van der Waals surface area contributed by atoms with E-state index in [0.29, 0.717) is 32.1 Å². The van der Waals surface area contributed by atoms with E-state index in [1.807, 2.05) is 4.90 Å². The average Bonchev–Trinajstić information content (AvgIpc) is 3.06. The standard InChI is InChI=1S/C24H36N6O5/c1-8-9-16-30(22(33)35-24(5,6)7)18(19(25)31)17(10-11-27-21(32)34-23(2,3)4)28-20(30)29-14-12-26-13-15-29/h10-11,26H,12-16H2,1-7H3,(H2-,25,27,31,32)/p+1. The van der Waals surface area contributed by atoms with Crippen LogP contribution in [0.25, 0.3) is 0 Å². The number of carbonyl (C=O) groups excluding carboxylic acids is 3. The Balaban J connectivity index is 2.62. The molecule has 1 saturated heterocycles. The van der Waals surface area contributed by atoms with E-state index >= 15 is 0 Å². The van der Waals surface area contributed by atoms with E-state index in [2.05, 4.69) is 27.5 Å². The van der Waals surface area contributed by atoms with E-state index in [4.69, 9.17) is 15.2 Å². The molecule has 0 spiro atoms. The van der Waals surface area contributed by atoms with Crippen molar-refractivity contribution in [1.82, 2.24) is 15.5 Å². The summed E-state index contributed by atoms with van der Waals surface area (Å²) in [5.41, 5.74) is 4.35. The molecule has 3 amide bonds. The van der Waals surface area contributed by atoms with Gasteiger partial charge in [0.2, 0.25) is 5.70 Å². The molecule has 0 radical (unpaired) electrons. The summed E-state index contributed by atoms with van der Waals surface area (Å²) in [5.74, 6) is 5.16. The average molecular weight is 490 g/mol. The summed E-state index contributed by atoms with van der Waals surface area (Å²) in [6.45, 7) is 14.4. The molecule has 2 aliphatic heterocycles. The van der Waals surface area contributed by atoms with Gasteiger partial charge in [-0.15, -0.1) is 10.4 Å². The zero-order valence-corrected chi connectivity index (χ0v) is 21.7. The number of guanidine groups is 1. The van der Waals surface area contributed by atoms with Gasteiger partial charge in [0.15, 0.2) is 6.54 Å². The molecular weight excluding hydrogens is 452 g/mol. The first-order valence-corrected chi connectivity index (χ1v) is 11.5. The topological polar surface area (TPSA) is 135 Å². The number of primary amides is 1. The van der Waals surface area contributed by atoms with Crippen molar-refractivity contribution in [3.05, 3.63) is 23.7 Å². The highest BCUT2D eigenvalue weighted by Gasteiger charge is 2.58. The summed E-state index contributed by atoms with van der Waals surface area (Å²) in [7, 11) is 0. The van der Waals surface area contributed by atoms with E-state index < -0.39 is 33.8 Å². The maximum Gasteiger partial charge on any atom is 0.530 e. The molecule has 0 bridgehead atoms. The number of alkyl carbamates (subject to hydrolysis) is 1. The summed E-state index contributed by atoms with van der Waals surface area (Å²) < 4.78 is 10.3. The highest BCUT2D eigenvalue weighted by molar-refractivity contribution is 6.01. The molecule has 0 aromatic heterocycles. The Kier molecular flexibility index (Phi) is 8.70. The van der Waals surface area contributed by atoms with Crippen LogP contribution in [-0.4, -0.2) is 77.4 Å². The van der Waals surface area contributed by atoms with Gasteiger partial charge < -0.3 is 25.4 Å². The first-order valence-electron chi connectivity index (χ1n) is 11.5. The lowest BCUT2D eigenvalue weighted by atomic mass is 10.2. The highest BCUT2D eigenvalue weighted by atomic mass is 16.6. The molecule has 2 aliphatic rings. The molecule has 0 aromatic carbocycles. The third-order valence-electron chi connectivity index (χ3n) is 4.86. The molecule has 1 atom stereocenters. The van der Waals surface area contributed by atoms with E-state index in [1.165, 1.54) is 12.3 Å². The van der Waals surface area contributed by atoms with Crippen molar-refractivity contribution in [2.45, 2.75) is 59.7 Å². The molecule has 1 fully saturated rings. The Morgan fingerprint density at radius 2 is 1.74 bits per heavy atom. The minimum absolute atomic E-state index is 0.0854. The van der Waals surface area contributed by atoms with Crippen LogP contribution in [0.3, 0.4) is 0 Å². The molecule has 11 heteroatoms. The Morgan fingerprint density at radius 3 is 2.26 bits per heavy atom. The zero-order chi connectivity index (χ0) is 26.4. The molecule has 0 aromatic rings. The van der Waals surface area contributed by atoms with Crippen molar-refractivity contribution in [2.24, 2.45) is 10.7 Å². The number of quaternary nitrogens is 1. The van der Waals surface area contributed by atoms with Crippen molar-refractivity contribution in [2.75, 3.05) is 32.7 Å². The Morgan fingerprint density at radius 1 is 1.14 bits per heavy atom. The van der Waals surface area contributed by atoms with Gasteiger partial charge >= 0.3 is 24.1 Å². The Bertz CT molecular complexity index is 1000. The highest BCUT2D eigenvalue weighted by Crippen LogP contribution is 2.34. The maximum absolute atomic E-state index is 13.7. The molecule has 11 nitrogen and oxygen atoms in total. The zero-order valence-electron chi connectivity index (χ0n) is 21.7. The number of nitrogens with two attached hydrogens (primary N) is 1. The van der Waals surface area contributed by atoms with Crippen LogP contribution in [-0.2, 0) is 14.3 Å². The fourth-order valence-electron chi connectivity index (χ4n) is 3.57. The SMILES string of the molecule is CC#CC[N+]1(C(=O)OC(C)(C)C)C(N2CCNCC2)=NC(C=CNC(=O)OC(C)(C)C)=C1C(N)=O. The smallest absolute Gasteiger partial charge is 0.444 e. The first-order chi connectivity index (χ1) is 16.2. The van der Waals surface area contributed by atoms with Crippen molar-refractivity contribution in [3.8, 4) is 11.8 Å². The largest absolute Gasteiger partial charge is 0.530 e. The predicted octanol–water partition coefficient (Wildman–Crippen LogP) is 1.77. The minimum atomic E-state index is -0.848. The van der Waals surface area contributed by atoms with Gasteiger partial charge in [0.05, 0.1) is 0 Å². The second kappa shape index (κ2) is 10.9. The summed E-state index contributed by atoms with van der Waals surface area (Å²) >= 11 is 0. The van der Waals surface area contributed by atoms with Crippen LogP contribution in [0.5, 0.6) is 0 Å². The number of hydrogen-bond donors (Lipinski definition) is 3. The van der Waals surface area contributed by atoms with Crippen molar-refractivity contribution in [1.29, 1.82) is 0 Å². The normalized spacial score (nSPS) is 20.8. The molecule has 192 valence electrons. The fourth-order valence-corrected chi connectivity index (χ4v) is 3.57. The molecular formula is C24H37N6O5+. The van der Waals surface area contributed by atoms with Gasteiger partial charge in [-0.2, -0.15) is 9.79 Å². The summed E-state index contributed by atoms with van der Waals surface area (Å²) in [6.07, 6.45) is 1.32. The fraction of sp³-hybridized carbons (Fsp3) is 0.583. The van der Waals surface area contributed by atoms with Crippen LogP contribution < -0.4 is 16.4 Å². The monoisotopic (exact) mass is 489 g/mol. The Hall–Kier alpha value is -3.36. The number of rotatable bonds is 4. The van der Waals surface area contributed by atoms with Crippen LogP contribution in [0.4, 0.5) is 9.59 Å². The third kappa shape index (κ3) is 7.07. The molecule has 0 saturated carbocycles. The van der Waals surface area contributed by atoms with Gasteiger partial charge in [-0.1, -0.05) is 0 Å². The Labute approximate surface area is 207 Å². The third-order valence-corrected chi connectivity index (χ3v) is 4.86. The number of hydrogen-bond acceptors (Lipinski definition) is 8. The van der Waals surface area contributed by atoms with Gasteiger partial charge in [0.1, 0.15) is 16.9 Å². The second-order valence-electron chi connectivity index (χ2n) is 10.1. The number of aliphatic imine (C=N–C) groups is 1. The maximum atomic E-state index is 13.7. The van der Waals surface area contributed by atoms with E-state index in [9.17, 15) is 14.4 Å². The summed E-state index contributed by atoms with van der Waals surface area (Å²) in [5, 5.41) is 5.74. The quantitative estimate of drug-likeness (QED) is 0.405. The lowest BCUT2D eigenvalue weighted by Crippen LogP contribution is -2.65. The molecule has 1 unspecified atom stereocenters. The van der Waals surface area contributed by atoms with Crippen LogP contribution in [0.2, 0.25) is 0 Å². The number of amides is 3. The van der Waals surface area contributed by atoms with Crippen molar-refractivity contribution >= 4 is 24.1 Å². The van der Waals surface area contributed by atoms with Crippen LogP contribution in [0.1, 0.15) is 48.5 Å². The first kappa shape index (κ1) is 27.9. The summed E-state index contributed by atoms with van der Waals surface area (Å²) in [6, 6.07) is 0. The van der Waals surface area contributed by atoms with Gasteiger partial charge in [0.25, 0.3) is 0 Å². The van der Waals surface area contributed by atoms with E-state index in [-0.39, 0.29) is 17.9 Å².